The second-order valence-corrected chi connectivity index (χ2v) is 8.16. The van der Waals surface area contributed by atoms with E-state index in [9.17, 15) is 13.5 Å². The normalized spacial score (nSPS) is 23.8. The Labute approximate surface area is 136 Å². The highest BCUT2D eigenvalue weighted by atomic mass is 79.9. The summed E-state index contributed by atoms with van der Waals surface area (Å²) in [6.45, 7) is 0. The van der Waals surface area contributed by atoms with Gasteiger partial charge in [-0.15, -0.1) is 0 Å². The maximum Gasteiger partial charge on any atom is 0.243 e. The molecule has 0 aromatic heterocycles. The lowest BCUT2D eigenvalue weighted by Crippen LogP contribution is -2.45. The molecule has 2 rings (SSSR count). The van der Waals surface area contributed by atoms with Crippen molar-refractivity contribution in [3.05, 3.63) is 26.7 Å². The van der Waals surface area contributed by atoms with E-state index in [2.05, 4.69) is 20.7 Å². The molecule has 1 fully saturated rings. The minimum absolute atomic E-state index is 0.0437. The summed E-state index contributed by atoms with van der Waals surface area (Å²) < 4.78 is 27.9. The van der Waals surface area contributed by atoms with Crippen molar-refractivity contribution >= 4 is 49.2 Å². The predicted octanol–water partition coefficient (Wildman–Crippen LogP) is 3.34. The third kappa shape index (κ3) is 3.67. The molecule has 0 aliphatic heterocycles. The van der Waals surface area contributed by atoms with Crippen LogP contribution in [0.3, 0.4) is 0 Å². The summed E-state index contributed by atoms with van der Waals surface area (Å²) in [5.74, 6) is 0. The lowest BCUT2D eigenvalue weighted by Gasteiger charge is -2.28. The van der Waals surface area contributed by atoms with E-state index in [-0.39, 0.29) is 14.9 Å². The van der Waals surface area contributed by atoms with E-state index < -0.39 is 22.2 Å². The standard InChI is InChI=1S/C12H14BrCl2NO3S/c13-7-5-8(14)12(9(15)6-7)20(18,19)16-10-3-1-2-4-11(10)17/h5-6,10-11,16-17H,1-4H2/t10-,11-/m1/s1. The summed E-state index contributed by atoms with van der Waals surface area (Å²) in [6.07, 6.45) is 2.30. The van der Waals surface area contributed by atoms with Gasteiger partial charge in [-0.05, 0) is 25.0 Å². The largest absolute Gasteiger partial charge is 0.391 e. The minimum atomic E-state index is -3.87. The van der Waals surface area contributed by atoms with Crippen molar-refractivity contribution in [1.82, 2.24) is 4.72 Å². The molecular formula is C12H14BrCl2NO3S. The fraction of sp³-hybridized carbons (Fsp3) is 0.500. The lowest BCUT2D eigenvalue weighted by atomic mass is 9.93. The van der Waals surface area contributed by atoms with E-state index in [0.29, 0.717) is 17.3 Å². The molecule has 0 amide bonds. The molecule has 0 bridgehead atoms. The van der Waals surface area contributed by atoms with Gasteiger partial charge >= 0.3 is 0 Å². The van der Waals surface area contributed by atoms with Crippen molar-refractivity contribution in [3.63, 3.8) is 0 Å². The molecule has 1 aromatic carbocycles. The van der Waals surface area contributed by atoms with E-state index in [4.69, 9.17) is 23.2 Å². The first-order chi connectivity index (χ1) is 9.31. The van der Waals surface area contributed by atoms with Crippen molar-refractivity contribution in [2.45, 2.75) is 42.7 Å². The van der Waals surface area contributed by atoms with Crippen LogP contribution in [0, 0.1) is 0 Å². The summed E-state index contributed by atoms with van der Waals surface area (Å²) in [5.41, 5.74) is 0. The second-order valence-electron chi connectivity index (χ2n) is 4.78. The number of nitrogens with one attached hydrogen (secondary N) is 1. The maximum atomic E-state index is 12.4. The van der Waals surface area contributed by atoms with Crippen LogP contribution in [-0.4, -0.2) is 25.7 Å². The zero-order chi connectivity index (χ0) is 14.9. The molecule has 4 nitrogen and oxygen atoms in total. The molecule has 2 N–H and O–H groups in total. The Hall–Kier alpha value is 0.150. The van der Waals surface area contributed by atoms with Gasteiger partial charge in [0.15, 0.2) is 0 Å². The number of aliphatic hydroxyl groups is 1. The molecule has 8 heteroatoms. The zero-order valence-corrected chi connectivity index (χ0v) is 14.4. The van der Waals surface area contributed by atoms with Gasteiger partial charge in [0.05, 0.1) is 16.1 Å². The van der Waals surface area contributed by atoms with Gasteiger partial charge in [0.2, 0.25) is 10.0 Å². The Balaban J connectivity index is 2.31. The highest BCUT2D eigenvalue weighted by molar-refractivity contribution is 9.10. The van der Waals surface area contributed by atoms with Gasteiger partial charge in [0.1, 0.15) is 4.90 Å². The van der Waals surface area contributed by atoms with Gasteiger partial charge in [-0.25, -0.2) is 13.1 Å². The van der Waals surface area contributed by atoms with Crippen LogP contribution in [0.1, 0.15) is 25.7 Å². The molecule has 1 aliphatic rings. The van der Waals surface area contributed by atoms with Crippen LogP contribution < -0.4 is 4.72 Å². The van der Waals surface area contributed by atoms with E-state index in [1.54, 1.807) is 0 Å². The Bertz CT molecular complexity index is 586. The summed E-state index contributed by atoms with van der Waals surface area (Å²) in [5, 5.41) is 9.95. The third-order valence-corrected chi connectivity index (χ3v) is 6.14. The van der Waals surface area contributed by atoms with Gasteiger partial charge in [0.25, 0.3) is 0 Å². The molecule has 0 heterocycles. The van der Waals surface area contributed by atoms with Crippen molar-refractivity contribution in [2.24, 2.45) is 0 Å². The molecule has 1 saturated carbocycles. The van der Waals surface area contributed by atoms with Crippen LogP contribution in [0.25, 0.3) is 0 Å². The molecule has 1 aliphatic carbocycles. The third-order valence-electron chi connectivity index (χ3n) is 3.27. The average Bonchev–Trinajstić information content (AvgIpc) is 2.30. The number of aliphatic hydroxyl groups excluding tert-OH is 1. The van der Waals surface area contributed by atoms with Crippen molar-refractivity contribution in [2.75, 3.05) is 0 Å². The molecule has 0 radical (unpaired) electrons. The minimum Gasteiger partial charge on any atom is -0.391 e. The Kier molecular flexibility index (Phi) is 5.37. The smallest absolute Gasteiger partial charge is 0.243 e. The highest BCUT2D eigenvalue weighted by Crippen LogP contribution is 2.33. The van der Waals surface area contributed by atoms with Crippen LogP contribution >= 0.6 is 39.1 Å². The number of benzene rings is 1. The summed E-state index contributed by atoms with van der Waals surface area (Å²) in [6, 6.07) is 2.45. The van der Waals surface area contributed by atoms with Crippen LogP contribution in [0.5, 0.6) is 0 Å². The second kappa shape index (κ2) is 6.50. The number of rotatable bonds is 3. The molecule has 0 spiro atoms. The topological polar surface area (TPSA) is 66.4 Å². The fourth-order valence-electron chi connectivity index (χ4n) is 2.29. The first-order valence-corrected chi connectivity index (χ1v) is 9.19. The molecule has 112 valence electrons. The number of hydrogen-bond donors (Lipinski definition) is 2. The summed E-state index contributed by atoms with van der Waals surface area (Å²) in [7, 11) is -3.87. The zero-order valence-electron chi connectivity index (χ0n) is 10.4. The Morgan fingerprint density at radius 1 is 1.20 bits per heavy atom. The summed E-state index contributed by atoms with van der Waals surface area (Å²) >= 11 is 15.2. The fourth-order valence-corrected chi connectivity index (χ4v) is 5.53. The predicted molar refractivity (Wildman–Crippen MR) is 82.7 cm³/mol. The number of sulfonamides is 1. The Morgan fingerprint density at radius 3 is 2.30 bits per heavy atom. The van der Waals surface area contributed by atoms with Crippen LogP contribution in [0.15, 0.2) is 21.5 Å². The molecule has 2 atom stereocenters. The van der Waals surface area contributed by atoms with E-state index >= 15 is 0 Å². The van der Waals surface area contributed by atoms with Gasteiger partial charge in [-0.2, -0.15) is 0 Å². The number of hydrogen-bond acceptors (Lipinski definition) is 3. The van der Waals surface area contributed by atoms with E-state index in [1.165, 1.54) is 12.1 Å². The maximum absolute atomic E-state index is 12.4. The van der Waals surface area contributed by atoms with E-state index in [0.717, 1.165) is 12.8 Å². The van der Waals surface area contributed by atoms with E-state index in [1.807, 2.05) is 0 Å². The van der Waals surface area contributed by atoms with Crippen molar-refractivity contribution < 1.29 is 13.5 Å². The first-order valence-electron chi connectivity index (χ1n) is 6.16. The molecule has 20 heavy (non-hydrogen) atoms. The molecule has 0 unspecified atom stereocenters. The van der Waals surface area contributed by atoms with Crippen LogP contribution in [-0.2, 0) is 10.0 Å². The number of halogens is 3. The SMILES string of the molecule is O=S(=O)(N[C@@H]1CCCC[C@H]1O)c1c(Cl)cc(Br)cc1Cl. The lowest BCUT2D eigenvalue weighted by molar-refractivity contribution is 0.101. The quantitative estimate of drug-likeness (QED) is 0.814. The molecular weight excluding hydrogens is 389 g/mol. The van der Waals surface area contributed by atoms with Crippen LogP contribution in [0.4, 0.5) is 0 Å². The van der Waals surface area contributed by atoms with Gasteiger partial charge < -0.3 is 5.11 Å². The average molecular weight is 403 g/mol. The van der Waals surface area contributed by atoms with Crippen LogP contribution in [0.2, 0.25) is 10.0 Å². The monoisotopic (exact) mass is 401 g/mol. The van der Waals surface area contributed by atoms with Gasteiger partial charge in [-0.3, -0.25) is 0 Å². The molecule has 0 saturated heterocycles. The van der Waals surface area contributed by atoms with Gasteiger partial charge in [0, 0.05) is 10.5 Å². The highest BCUT2D eigenvalue weighted by Gasteiger charge is 2.30. The molecule has 1 aromatic rings. The Morgan fingerprint density at radius 2 is 1.75 bits per heavy atom. The summed E-state index contributed by atoms with van der Waals surface area (Å²) in [4.78, 5) is -0.151. The van der Waals surface area contributed by atoms with Crippen molar-refractivity contribution in [3.8, 4) is 0 Å². The van der Waals surface area contributed by atoms with Gasteiger partial charge in [-0.1, -0.05) is 52.0 Å². The first kappa shape index (κ1) is 16.5. The van der Waals surface area contributed by atoms with Crippen molar-refractivity contribution in [1.29, 1.82) is 0 Å².